The third kappa shape index (κ3) is 30.5. The molecule has 64 heavy (non-hydrogen) atoms. The highest BCUT2D eigenvalue weighted by Gasteiger charge is 2.51. The molecular formula is C49H83O14P. The van der Waals surface area contributed by atoms with Crippen LogP contribution in [0.25, 0.3) is 0 Å². The zero-order valence-corrected chi connectivity index (χ0v) is 39.6. The van der Waals surface area contributed by atoms with Crippen molar-refractivity contribution >= 4 is 19.8 Å². The molecule has 0 bridgehead atoms. The van der Waals surface area contributed by atoms with E-state index in [2.05, 4.69) is 50.3 Å². The minimum Gasteiger partial charge on any atom is -0.462 e. The summed E-state index contributed by atoms with van der Waals surface area (Å²) in [6.45, 7) is 3.11. The number of allylic oxidation sites excluding steroid dienone is 10. The van der Waals surface area contributed by atoms with Crippen molar-refractivity contribution in [2.24, 2.45) is 0 Å². The van der Waals surface area contributed by atoms with Crippen molar-refractivity contribution in [1.82, 2.24) is 0 Å². The van der Waals surface area contributed by atoms with Gasteiger partial charge in [0, 0.05) is 12.8 Å². The zero-order valence-electron chi connectivity index (χ0n) is 38.7. The van der Waals surface area contributed by atoms with Crippen molar-refractivity contribution in [3.63, 3.8) is 0 Å². The molecule has 9 atom stereocenters. The fraction of sp³-hybridized carbons (Fsp3) is 0.714. The molecule has 0 radical (unpaired) electrons. The largest absolute Gasteiger partial charge is 0.472 e. The van der Waals surface area contributed by atoms with E-state index in [1.165, 1.54) is 38.5 Å². The Kier molecular flexibility index (Phi) is 35.5. The van der Waals surface area contributed by atoms with Crippen LogP contribution in [0.4, 0.5) is 0 Å². The van der Waals surface area contributed by atoms with Crippen molar-refractivity contribution in [2.45, 2.75) is 210 Å². The molecule has 0 aromatic heterocycles. The number of aliphatic hydroxyl groups excluding tert-OH is 6. The van der Waals surface area contributed by atoms with Gasteiger partial charge in [0.25, 0.3) is 0 Å². The first-order chi connectivity index (χ1) is 30.8. The molecule has 1 fully saturated rings. The summed E-state index contributed by atoms with van der Waals surface area (Å²) in [7, 11) is -5.16. The van der Waals surface area contributed by atoms with Crippen molar-refractivity contribution in [3.8, 4) is 0 Å². The van der Waals surface area contributed by atoms with Gasteiger partial charge in [0.1, 0.15) is 43.2 Å². The van der Waals surface area contributed by atoms with Gasteiger partial charge in [-0.05, 0) is 77.0 Å². The summed E-state index contributed by atoms with van der Waals surface area (Å²) in [6, 6.07) is 0. The quantitative estimate of drug-likeness (QED) is 0.0101. The molecule has 0 aliphatic heterocycles. The van der Waals surface area contributed by atoms with Crippen molar-refractivity contribution in [2.75, 3.05) is 13.2 Å². The summed E-state index contributed by atoms with van der Waals surface area (Å²) in [5.41, 5.74) is 0. The van der Waals surface area contributed by atoms with Crippen LogP contribution in [0.2, 0.25) is 0 Å². The summed E-state index contributed by atoms with van der Waals surface area (Å²) in [6.07, 6.45) is 31.1. The fourth-order valence-electron chi connectivity index (χ4n) is 6.68. The summed E-state index contributed by atoms with van der Waals surface area (Å²) < 4.78 is 33.4. The van der Waals surface area contributed by atoms with Crippen molar-refractivity contribution in [1.29, 1.82) is 0 Å². The second-order valence-electron chi connectivity index (χ2n) is 16.5. The smallest absolute Gasteiger partial charge is 0.462 e. The van der Waals surface area contributed by atoms with Crippen LogP contribution >= 0.6 is 7.82 Å². The Morgan fingerprint density at radius 3 is 1.62 bits per heavy atom. The molecule has 0 saturated heterocycles. The van der Waals surface area contributed by atoms with Crippen LogP contribution in [-0.2, 0) is 32.7 Å². The second kappa shape index (κ2) is 38.4. The number of phosphoric ester groups is 1. The van der Waals surface area contributed by atoms with Crippen LogP contribution in [-0.4, -0.2) is 110 Å². The number of carbonyl (C=O) groups excluding carboxylic acids is 2. The maximum absolute atomic E-state index is 12.8. The summed E-state index contributed by atoms with van der Waals surface area (Å²) in [4.78, 5) is 35.7. The van der Waals surface area contributed by atoms with Crippen molar-refractivity contribution in [3.05, 3.63) is 72.9 Å². The highest BCUT2D eigenvalue weighted by Crippen LogP contribution is 2.47. The van der Waals surface area contributed by atoms with Crippen molar-refractivity contribution < 1.29 is 68.2 Å². The minimum atomic E-state index is -5.16. The number of aliphatic hydroxyl groups is 6. The minimum absolute atomic E-state index is 0.0269. The lowest BCUT2D eigenvalue weighted by Gasteiger charge is -2.41. The number of ether oxygens (including phenoxy) is 2. The lowest BCUT2D eigenvalue weighted by molar-refractivity contribution is -0.220. The normalized spacial score (nSPS) is 22.7. The van der Waals surface area contributed by atoms with Gasteiger partial charge in [-0.25, -0.2) is 4.57 Å². The lowest BCUT2D eigenvalue weighted by atomic mass is 9.85. The van der Waals surface area contributed by atoms with E-state index in [1.807, 2.05) is 18.2 Å². The number of carbonyl (C=O) groups is 2. The van der Waals surface area contributed by atoms with Gasteiger partial charge in [0.05, 0.1) is 12.7 Å². The van der Waals surface area contributed by atoms with E-state index in [0.29, 0.717) is 25.7 Å². The topological polar surface area (TPSA) is 230 Å². The Morgan fingerprint density at radius 2 is 1.05 bits per heavy atom. The van der Waals surface area contributed by atoms with Crippen LogP contribution in [0.3, 0.4) is 0 Å². The average Bonchev–Trinajstić information content (AvgIpc) is 3.27. The molecule has 0 amide bonds. The molecule has 1 aliphatic rings. The van der Waals surface area contributed by atoms with E-state index in [-0.39, 0.29) is 12.8 Å². The number of esters is 2. The zero-order chi connectivity index (χ0) is 47.3. The third-order valence-corrected chi connectivity index (χ3v) is 11.6. The number of unbranched alkanes of at least 4 members (excludes halogenated alkanes) is 14. The molecule has 4 unspecified atom stereocenters. The number of rotatable bonds is 38. The molecule has 0 spiro atoms. The molecule has 1 rings (SSSR count). The number of hydrogen-bond donors (Lipinski definition) is 7. The maximum atomic E-state index is 12.8. The van der Waals surface area contributed by atoms with Gasteiger partial charge >= 0.3 is 19.8 Å². The predicted molar refractivity (Wildman–Crippen MR) is 250 cm³/mol. The Morgan fingerprint density at radius 1 is 0.562 bits per heavy atom. The number of phosphoric acid groups is 1. The molecule has 0 heterocycles. The molecule has 0 aromatic rings. The Hall–Kier alpha value is -2.75. The van der Waals surface area contributed by atoms with Crippen LogP contribution < -0.4 is 0 Å². The van der Waals surface area contributed by atoms with Gasteiger partial charge < -0.3 is 45.0 Å². The van der Waals surface area contributed by atoms with Gasteiger partial charge in [0.15, 0.2) is 6.10 Å². The second-order valence-corrected chi connectivity index (χ2v) is 17.9. The molecule has 1 saturated carbocycles. The summed E-state index contributed by atoms with van der Waals surface area (Å²) in [5.74, 6) is -1.24. The first-order valence-corrected chi connectivity index (χ1v) is 25.3. The molecule has 15 heteroatoms. The summed E-state index contributed by atoms with van der Waals surface area (Å²) >= 11 is 0. The predicted octanol–water partition coefficient (Wildman–Crippen LogP) is 8.47. The van der Waals surface area contributed by atoms with Crippen LogP contribution in [0, 0.1) is 0 Å². The third-order valence-electron chi connectivity index (χ3n) is 10.6. The molecular weight excluding hydrogens is 843 g/mol. The first-order valence-electron chi connectivity index (χ1n) is 23.8. The van der Waals surface area contributed by atoms with Crippen LogP contribution in [0.5, 0.6) is 0 Å². The standard InChI is InChI=1S/C49H83O14P/c1-3-5-7-9-11-13-14-15-16-17-18-19-20-22-24-28-33-37-43(52)62-41(39-61-64(58,59)63-49-47(56)45(54)44(53)46(55)48(49)57)38-60-42(51)36-32-29-25-27-31-35-40(50)34-30-26-23-21-12-10-8-6-4-2/h11-13,15-16,21,25-27,30-31,35,40-41,44-50,53-57H,3-10,14,17-20,22-24,28-29,32-34,36-39H2,1-2H3,(H,58,59)/b13-11-,16-15-,21-12-,27-25+,30-26-,35-31-/t40?,41-,44?,45-,46+,47-,48-,49?/m1/s1. The number of hydrogen-bond acceptors (Lipinski definition) is 13. The highest BCUT2D eigenvalue weighted by atomic mass is 31.2. The monoisotopic (exact) mass is 927 g/mol. The molecule has 368 valence electrons. The molecule has 7 N–H and O–H groups in total. The van der Waals surface area contributed by atoms with Gasteiger partial charge in [-0.1, -0.05) is 145 Å². The van der Waals surface area contributed by atoms with E-state index < -0.39 is 81.8 Å². The van der Waals surface area contributed by atoms with Crippen LogP contribution in [0.15, 0.2) is 72.9 Å². The van der Waals surface area contributed by atoms with E-state index in [9.17, 15) is 49.7 Å². The highest BCUT2D eigenvalue weighted by molar-refractivity contribution is 7.47. The fourth-order valence-corrected chi connectivity index (χ4v) is 7.66. The molecule has 1 aliphatic carbocycles. The van der Waals surface area contributed by atoms with E-state index in [1.54, 1.807) is 18.2 Å². The van der Waals surface area contributed by atoms with E-state index >= 15 is 0 Å². The molecule has 14 nitrogen and oxygen atoms in total. The average molecular weight is 927 g/mol. The Bertz CT molecular complexity index is 1410. The van der Waals surface area contributed by atoms with Gasteiger partial charge in [-0.3, -0.25) is 18.6 Å². The van der Waals surface area contributed by atoms with E-state index in [4.69, 9.17) is 18.5 Å². The first kappa shape index (κ1) is 59.3. The van der Waals surface area contributed by atoms with E-state index in [0.717, 1.165) is 70.6 Å². The van der Waals surface area contributed by atoms with Gasteiger partial charge in [0.2, 0.25) is 0 Å². The maximum Gasteiger partial charge on any atom is 0.472 e. The van der Waals surface area contributed by atoms with Gasteiger partial charge in [-0.15, -0.1) is 0 Å². The lowest BCUT2D eigenvalue weighted by Crippen LogP contribution is -2.64. The Labute approximate surface area is 383 Å². The Balaban J connectivity index is 2.54. The molecule has 0 aromatic carbocycles. The SMILES string of the molecule is CCCCC/C=C\C/C=C\CCCCCCCCCC(=O)O[C@H](COC(=O)CCC/C=C/C=C\C(O)C/C=C\C/C=C\CCCCC)COP(=O)(O)OC1[C@H](O)[C@H](O)C(O)[C@H](O)[C@H]1O. The summed E-state index contributed by atoms with van der Waals surface area (Å²) in [5, 5.41) is 60.3. The van der Waals surface area contributed by atoms with Gasteiger partial charge in [-0.2, -0.15) is 0 Å². The van der Waals surface area contributed by atoms with Crippen LogP contribution in [0.1, 0.15) is 162 Å².